The molecule has 0 unspecified atom stereocenters. The highest BCUT2D eigenvalue weighted by atomic mass is 16.3. The molecule has 0 amide bonds. The first-order valence-corrected chi connectivity index (χ1v) is 4.78. The van der Waals surface area contributed by atoms with Crippen molar-refractivity contribution in [1.29, 1.82) is 0 Å². The number of para-hydroxylation sites is 1. The topological polar surface area (TPSA) is 33.1 Å². The molecule has 0 fully saturated rings. The number of rotatable bonds is 2. The van der Waals surface area contributed by atoms with Crippen LogP contribution in [-0.2, 0) is 6.42 Å². The average molecular weight is 187 g/mol. The van der Waals surface area contributed by atoms with Gasteiger partial charge in [-0.1, -0.05) is 24.3 Å². The number of aromatic nitrogens is 1. The molecule has 0 saturated carbocycles. The van der Waals surface area contributed by atoms with E-state index in [1.54, 1.807) is 6.92 Å². The molecule has 1 atom stereocenters. The van der Waals surface area contributed by atoms with Crippen molar-refractivity contribution in [2.45, 2.75) is 19.4 Å². The molecule has 2 nitrogen and oxygen atoms in total. The van der Waals surface area contributed by atoms with Crippen molar-refractivity contribution in [1.82, 2.24) is 4.98 Å². The van der Waals surface area contributed by atoms with Gasteiger partial charge in [0.25, 0.3) is 0 Å². The van der Waals surface area contributed by atoms with E-state index in [9.17, 15) is 5.11 Å². The summed E-state index contributed by atoms with van der Waals surface area (Å²) in [5.74, 6) is 0. The minimum atomic E-state index is -0.330. The molecule has 0 spiro atoms. The maximum atomic E-state index is 9.24. The van der Waals surface area contributed by atoms with Gasteiger partial charge in [-0.15, -0.1) is 0 Å². The van der Waals surface area contributed by atoms with Gasteiger partial charge in [-0.3, -0.25) is 4.98 Å². The number of aliphatic hydroxyl groups excluding tert-OH is 1. The minimum absolute atomic E-state index is 0.330. The van der Waals surface area contributed by atoms with Crippen LogP contribution >= 0.6 is 0 Å². The lowest BCUT2D eigenvalue weighted by Gasteiger charge is -2.04. The first-order valence-electron chi connectivity index (χ1n) is 4.78. The first kappa shape index (κ1) is 9.16. The Morgan fingerprint density at radius 2 is 2.00 bits per heavy atom. The maximum Gasteiger partial charge on any atom is 0.0705 e. The van der Waals surface area contributed by atoms with Gasteiger partial charge in [-0.05, 0) is 19.1 Å². The Kier molecular flexibility index (Phi) is 2.46. The summed E-state index contributed by atoms with van der Waals surface area (Å²) in [6, 6.07) is 12.0. The molecule has 2 heteroatoms. The molecular weight excluding hydrogens is 174 g/mol. The molecule has 1 heterocycles. The second-order valence-electron chi connectivity index (χ2n) is 3.55. The fourth-order valence-corrected chi connectivity index (χ4v) is 1.52. The molecule has 0 aliphatic carbocycles. The van der Waals surface area contributed by atoms with Crippen molar-refractivity contribution in [3.05, 3.63) is 42.1 Å². The van der Waals surface area contributed by atoms with Gasteiger partial charge in [0.1, 0.15) is 0 Å². The Hall–Kier alpha value is -1.41. The van der Waals surface area contributed by atoms with Crippen LogP contribution in [0.25, 0.3) is 10.9 Å². The van der Waals surface area contributed by atoms with Gasteiger partial charge in [0.2, 0.25) is 0 Å². The summed E-state index contributed by atoms with van der Waals surface area (Å²) in [6.07, 6.45) is 0.286. The van der Waals surface area contributed by atoms with Crippen LogP contribution in [0, 0.1) is 0 Å². The van der Waals surface area contributed by atoms with E-state index >= 15 is 0 Å². The molecule has 14 heavy (non-hydrogen) atoms. The summed E-state index contributed by atoms with van der Waals surface area (Å²) in [7, 11) is 0. The molecule has 0 saturated heterocycles. The summed E-state index contributed by atoms with van der Waals surface area (Å²) < 4.78 is 0. The summed E-state index contributed by atoms with van der Waals surface area (Å²) in [5, 5.41) is 10.4. The van der Waals surface area contributed by atoms with Crippen LogP contribution in [0.4, 0.5) is 0 Å². The van der Waals surface area contributed by atoms with E-state index in [-0.39, 0.29) is 6.10 Å². The Bertz CT molecular complexity index is 437. The van der Waals surface area contributed by atoms with Crippen LogP contribution in [0.3, 0.4) is 0 Å². The van der Waals surface area contributed by atoms with Gasteiger partial charge in [0.15, 0.2) is 0 Å². The normalized spacial score (nSPS) is 13.0. The van der Waals surface area contributed by atoms with E-state index in [4.69, 9.17) is 0 Å². The molecule has 2 aromatic rings. The van der Waals surface area contributed by atoms with E-state index in [0.29, 0.717) is 6.42 Å². The highest BCUT2D eigenvalue weighted by Crippen LogP contribution is 2.12. The highest BCUT2D eigenvalue weighted by Gasteiger charge is 2.01. The second kappa shape index (κ2) is 3.76. The van der Waals surface area contributed by atoms with Crippen LogP contribution in [0.5, 0.6) is 0 Å². The van der Waals surface area contributed by atoms with E-state index < -0.39 is 0 Å². The Balaban J connectivity index is 2.41. The number of pyridine rings is 1. The van der Waals surface area contributed by atoms with Gasteiger partial charge in [0, 0.05) is 17.5 Å². The van der Waals surface area contributed by atoms with Gasteiger partial charge in [0.05, 0.1) is 11.6 Å². The fraction of sp³-hybridized carbons (Fsp3) is 0.250. The number of nitrogens with zero attached hydrogens (tertiary/aromatic N) is 1. The monoisotopic (exact) mass is 187 g/mol. The third-order valence-corrected chi connectivity index (χ3v) is 2.16. The lowest BCUT2D eigenvalue weighted by Crippen LogP contribution is -2.05. The molecule has 1 N–H and O–H groups in total. The standard InChI is InChI=1S/C12H13NO/c1-9(14)8-11-7-6-10-4-2-3-5-12(10)13-11/h2-7,9,14H,8H2,1H3/t9-/m1/s1. The predicted octanol–water partition coefficient (Wildman–Crippen LogP) is 2.16. The molecule has 0 bridgehead atoms. The highest BCUT2D eigenvalue weighted by molar-refractivity contribution is 5.78. The van der Waals surface area contributed by atoms with Gasteiger partial charge in [-0.2, -0.15) is 0 Å². The van der Waals surface area contributed by atoms with E-state index in [1.807, 2.05) is 36.4 Å². The summed E-state index contributed by atoms with van der Waals surface area (Å²) in [6.45, 7) is 1.77. The summed E-state index contributed by atoms with van der Waals surface area (Å²) in [5.41, 5.74) is 1.93. The Morgan fingerprint density at radius 1 is 1.21 bits per heavy atom. The van der Waals surface area contributed by atoms with Crippen molar-refractivity contribution in [3.63, 3.8) is 0 Å². The number of aliphatic hydroxyl groups is 1. The van der Waals surface area contributed by atoms with Crippen molar-refractivity contribution < 1.29 is 5.11 Å². The second-order valence-corrected chi connectivity index (χ2v) is 3.55. The zero-order valence-corrected chi connectivity index (χ0v) is 8.14. The van der Waals surface area contributed by atoms with Crippen LogP contribution in [0.15, 0.2) is 36.4 Å². The minimum Gasteiger partial charge on any atom is -0.393 e. The third-order valence-electron chi connectivity index (χ3n) is 2.16. The fourth-order valence-electron chi connectivity index (χ4n) is 1.52. The SMILES string of the molecule is C[C@@H](O)Cc1ccc2ccccc2n1. The third kappa shape index (κ3) is 1.91. The summed E-state index contributed by atoms with van der Waals surface area (Å²) >= 11 is 0. The molecule has 0 aliphatic rings. The van der Waals surface area contributed by atoms with E-state index in [0.717, 1.165) is 16.6 Å². The van der Waals surface area contributed by atoms with Crippen LogP contribution in [-0.4, -0.2) is 16.2 Å². The lowest BCUT2D eigenvalue weighted by molar-refractivity contribution is 0.194. The van der Waals surface area contributed by atoms with Crippen LogP contribution in [0.2, 0.25) is 0 Å². The zero-order valence-electron chi connectivity index (χ0n) is 8.14. The number of hydrogen-bond acceptors (Lipinski definition) is 2. The van der Waals surface area contributed by atoms with E-state index in [2.05, 4.69) is 4.98 Å². The molecule has 0 radical (unpaired) electrons. The lowest BCUT2D eigenvalue weighted by atomic mass is 10.1. The first-order chi connectivity index (χ1) is 6.75. The molecule has 72 valence electrons. The molecule has 0 aliphatic heterocycles. The van der Waals surface area contributed by atoms with Crippen molar-refractivity contribution in [2.24, 2.45) is 0 Å². The van der Waals surface area contributed by atoms with Crippen molar-refractivity contribution in [2.75, 3.05) is 0 Å². The Morgan fingerprint density at radius 3 is 2.79 bits per heavy atom. The van der Waals surface area contributed by atoms with Gasteiger partial charge >= 0.3 is 0 Å². The molecule has 1 aromatic heterocycles. The molecule has 2 rings (SSSR count). The van der Waals surface area contributed by atoms with Crippen molar-refractivity contribution >= 4 is 10.9 Å². The van der Waals surface area contributed by atoms with Gasteiger partial charge in [-0.25, -0.2) is 0 Å². The predicted molar refractivity (Wildman–Crippen MR) is 57.1 cm³/mol. The zero-order chi connectivity index (χ0) is 9.97. The van der Waals surface area contributed by atoms with Crippen LogP contribution < -0.4 is 0 Å². The van der Waals surface area contributed by atoms with Crippen molar-refractivity contribution in [3.8, 4) is 0 Å². The summed E-state index contributed by atoms with van der Waals surface area (Å²) in [4.78, 5) is 4.46. The number of benzene rings is 1. The maximum absolute atomic E-state index is 9.24. The van der Waals surface area contributed by atoms with Crippen LogP contribution in [0.1, 0.15) is 12.6 Å². The number of fused-ring (bicyclic) bond motifs is 1. The molecule has 1 aromatic carbocycles. The Labute approximate surface area is 83.2 Å². The average Bonchev–Trinajstić information content (AvgIpc) is 2.17. The van der Waals surface area contributed by atoms with E-state index in [1.165, 1.54) is 0 Å². The largest absolute Gasteiger partial charge is 0.393 e. The van der Waals surface area contributed by atoms with Gasteiger partial charge < -0.3 is 5.11 Å². The molecular formula is C12H13NO. The smallest absolute Gasteiger partial charge is 0.0705 e. The quantitative estimate of drug-likeness (QED) is 0.781. The number of hydrogen-bond donors (Lipinski definition) is 1.